The number of carbonyl (C=O) groups excluding carboxylic acids is 2. The van der Waals surface area contributed by atoms with E-state index in [0.717, 1.165) is 0 Å². The summed E-state index contributed by atoms with van der Waals surface area (Å²) in [5.41, 5.74) is 0.338. The van der Waals surface area contributed by atoms with Crippen LogP contribution in [0.5, 0.6) is 5.75 Å². The van der Waals surface area contributed by atoms with Gasteiger partial charge in [0.1, 0.15) is 0 Å². The van der Waals surface area contributed by atoms with E-state index in [0.29, 0.717) is 5.56 Å². The summed E-state index contributed by atoms with van der Waals surface area (Å²) < 4.78 is 36.5. The van der Waals surface area contributed by atoms with Gasteiger partial charge in [-0.15, -0.1) is 0 Å². The van der Waals surface area contributed by atoms with Crippen molar-refractivity contribution in [1.29, 1.82) is 0 Å². The molecule has 0 fully saturated rings. The van der Waals surface area contributed by atoms with Crippen LogP contribution in [0.15, 0.2) is 12.6 Å². The van der Waals surface area contributed by atoms with Crippen LogP contribution in [-0.4, -0.2) is 26.0 Å². The third kappa shape index (κ3) is 3.37. The molecule has 0 bridgehead atoms. The molecule has 19 heavy (non-hydrogen) atoms. The number of benzene rings is 1. The van der Waals surface area contributed by atoms with Gasteiger partial charge in [0.2, 0.25) is 12.1 Å². The van der Waals surface area contributed by atoms with Gasteiger partial charge in [0.25, 0.3) is 0 Å². The summed E-state index contributed by atoms with van der Waals surface area (Å²) in [4.78, 5) is 20.6. The molecule has 1 rings (SSSR count). The fourth-order valence-electron chi connectivity index (χ4n) is 1.53. The number of ether oxygens (including phenoxy) is 2. The smallest absolute Gasteiger partial charge is 0.371 e. The number of carbonyl (C=O) groups is 2. The van der Waals surface area contributed by atoms with E-state index in [2.05, 4.69) is 16.1 Å². The molecular weight excluding hydrogens is 258 g/mol. The maximum atomic E-state index is 13.8. The summed E-state index contributed by atoms with van der Waals surface area (Å²) in [5.74, 6) is -3.50. The minimum atomic E-state index is -1.12. The largest absolute Gasteiger partial charge is 0.494 e. The first-order valence-electron chi connectivity index (χ1n) is 5.34. The summed E-state index contributed by atoms with van der Waals surface area (Å²) in [6, 6.07) is 1.29. The fourth-order valence-corrected chi connectivity index (χ4v) is 1.53. The molecule has 0 spiro atoms. The van der Waals surface area contributed by atoms with E-state index in [1.54, 1.807) is 0 Å². The highest BCUT2D eigenvalue weighted by Crippen LogP contribution is 2.27. The highest BCUT2D eigenvalue weighted by atomic mass is 19.2. The van der Waals surface area contributed by atoms with Crippen molar-refractivity contribution >= 4 is 18.3 Å². The van der Waals surface area contributed by atoms with Gasteiger partial charge in [-0.3, -0.25) is 4.79 Å². The molecule has 0 aliphatic heterocycles. The molecule has 0 aromatic heterocycles. The Labute approximate surface area is 108 Å². The molecule has 0 N–H and O–H groups in total. The zero-order chi connectivity index (χ0) is 14.4. The molecule has 0 unspecified atom stereocenters. The second-order valence-electron chi connectivity index (χ2n) is 3.51. The third-order valence-electron chi connectivity index (χ3n) is 2.44. The number of aldehydes is 1. The van der Waals surface area contributed by atoms with Gasteiger partial charge < -0.3 is 9.47 Å². The van der Waals surface area contributed by atoms with Gasteiger partial charge in [0.15, 0.2) is 11.6 Å². The zero-order valence-electron chi connectivity index (χ0n) is 10.2. The summed E-state index contributed by atoms with van der Waals surface area (Å²) >= 11 is 0. The van der Waals surface area contributed by atoms with E-state index in [1.807, 2.05) is 0 Å². The van der Waals surface area contributed by atoms with Crippen LogP contribution < -0.4 is 4.74 Å². The number of esters is 1. The van der Waals surface area contributed by atoms with Gasteiger partial charge in [-0.25, -0.2) is 9.18 Å². The second-order valence-corrected chi connectivity index (χ2v) is 3.51. The Hall–Kier alpha value is -2.24. The van der Waals surface area contributed by atoms with Gasteiger partial charge in [0.05, 0.1) is 13.7 Å². The fraction of sp³-hybridized carbons (Fsp3) is 0.231. The molecular formula is C13H12F2O4. The molecule has 0 radical (unpaired) electrons. The monoisotopic (exact) mass is 270 g/mol. The Kier molecular flexibility index (Phi) is 5.17. The van der Waals surface area contributed by atoms with Crippen LogP contribution >= 0.6 is 0 Å². The Balaban J connectivity index is 2.99. The van der Waals surface area contributed by atoms with Gasteiger partial charge >= 0.3 is 5.97 Å². The summed E-state index contributed by atoms with van der Waals surface area (Å²) in [6.45, 7) is 3.25. The number of rotatable bonds is 6. The van der Waals surface area contributed by atoms with Crippen molar-refractivity contribution in [3.63, 3.8) is 0 Å². The topological polar surface area (TPSA) is 52.6 Å². The highest BCUT2D eigenvalue weighted by molar-refractivity contribution is 6.20. The average Bonchev–Trinajstić information content (AvgIpc) is 2.43. The Morgan fingerprint density at radius 1 is 1.42 bits per heavy atom. The molecule has 1 aromatic rings. The zero-order valence-corrected chi connectivity index (χ0v) is 10.2. The molecule has 4 nitrogen and oxygen atoms in total. The molecule has 0 aliphatic rings. The molecule has 6 heteroatoms. The molecule has 102 valence electrons. The minimum absolute atomic E-state index is 0.000620. The SMILES string of the molecule is C=Cc1cc(OC)c(F)c(F)c1CCOC(=O)C=O. The van der Waals surface area contributed by atoms with Crippen molar-refractivity contribution in [3.8, 4) is 5.75 Å². The quantitative estimate of drug-likeness (QED) is 0.450. The van der Waals surface area contributed by atoms with Gasteiger partial charge in [-0.2, -0.15) is 4.39 Å². The van der Waals surface area contributed by atoms with E-state index in [1.165, 1.54) is 19.3 Å². The normalized spacial score (nSPS) is 9.84. The minimum Gasteiger partial charge on any atom is -0.494 e. The van der Waals surface area contributed by atoms with E-state index in [4.69, 9.17) is 0 Å². The first-order valence-corrected chi connectivity index (χ1v) is 5.34. The maximum Gasteiger partial charge on any atom is 0.371 e. The highest BCUT2D eigenvalue weighted by Gasteiger charge is 2.18. The molecule has 0 heterocycles. The number of hydrogen-bond acceptors (Lipinski definition) is 4. The standard InChI is InChI=1S/C13H12F2O4/c1-3-8-6-10(18-2)13(15)12(14)9(8)4-5-19-11(17)7-16/h3,6-7H,1,4-5H2,2H3. The molecule has 0 atom stereocenters. The lowest BCUT2D eigenvalue weighted by atomic mass is 10.0. The van der Waals surface area contributed by atoms with Gasteiger partial charge in [0, 0.05) is 12.0 Å². The Bertz CT molecular complexity index is 512. The van der Waals surface area contributed by atoms with Crippen molar-refractivity contribution in [3.05, 3.63) is 35.4 Å². The predicted octanol–water partition coefficient (Wildman–Crippen LogP) is 1.90. The summed E-state index contributed by atoms with van der Waals surface area (Å²) in [5, 5.41) is 0. The van der Waals surface area contributed by atoms with E-state index in [9.17, 15) is 18.4 Å². The lowest BCUT2D eigenvalue weighted by molar-refractivity contribution is -0.148. The van der Waals surface area contributed by atoms with Crippen LogP contribution in [-0.2, 0) is 20.7 Å². The predicted molar refractivity (Wildman–Crippen MR) is 63.7 cm³/mol. The van der Waals surface area contributed by atoms with Crippen LogP contribution in [0.4, 0.5) is 8.78 Å². The van der Waals surface area contributed by atoms with Crippen molar-refractivity contribution in [1.82, 2.24) is 0 Å². The van der Waals surface area contributed by atoms with Crippen molar-refractivity contribution in [2.75, 3.05) is 13.7 Å². The third-order valence-corrected chi connectivity index (χ3v) is 2.44. The van der Waals surface area contributed by atoms with Gasteiger partial charge in [-0.1, -0.05) is 12.7 Å². The number of hydrogen-bond donors (Lipinski definition) is 0. The molecule has 0 amide bonds. The number of halogens is 2. The number of methoxy groups -OCH3 is 1. The summed E-state index contributed by atoms with van der Waals surface area (Å²) in [6.07, 6.45) is 1.26. The maximum absolute atomic E-state index is 13.8. The van der Waals surface area contributed by atoms with E-state index in [-0.39, 0.29) is 30.6 Å². The summed E-state index contributed by atoms with van der Waals surface area (Å²) in [7, 11) is 1.22. The average molecular weight is 270 g/mol. The van der Waals surface area contributed by atoms with Crippen molar-refractivity contribution in [2.45, 2.75) is 6.42 Å². The molecule has 1 aromatic carbocycles. The first-order chi connectivity index (χ1) is 9.04. The first kappa shape index (κ1) is 14.8. The molecule has 0 saturated heterocycles. The van der Waals surface area contributed by atoms with Crippen LogP contribution in [0.1, 0.15) is 11.1 Å². The molecule has 0 aliphatic carbocycles. The van der Waals surface area contributed by atoms with E-state index >= 15 is 0 Å². The van der Waals surface area contributed by atoms with E-state index < -0.39 is 17.6 Å². The van der Waals surface area contributed by atoms with Crippen molar-refractivity contribution in [2.24, 2.45) is 0 Å². The van der Waals surface area contributed by atoms with Crippen molar-refractivity contribution < 1.29 is 27.8 Å². The lowest BCUT2D eigenvalue weighted by Gasteiger charge is -2.11. The van der Waals surface area contributed by atoms with Crippen LogP contribution in [0.25, 0.3) is 6.08 Å². The Morgan fingerprint density at radius 2 is 2.11 bits per heavy atom. The second kappa shape index (κ2) is 6.63. The van der Waals surface area contributed by atoms with Gasteiger partial charge in [-0.05, 0) is 11.6 Å². The Morgan fingerprint density at radius 3 is 2.63 bits per heavy atom. The lowest BCUT2D eigenvalue weighted by Crippen LogP contribution is -2.10. The van der Waals surface area contributed by atoms with Crippen LogP contribution in [0.2, 0.25) is 0 Å². The van der Waals surface area contributed by atoms with Crippen LogP contribution in [0.3, 0.4) is 0 Å². The molecule has 0 saturated carbocycles. The van der Waals surface area contributed by atoms with Crippen LogP contribution in [0, 0.1) is 11.6 Å².